The highest BCUT2D eigenvalue weighted by Gasteiger charge is 2.67. The summed E-state index contributed by atoms with van der Waals surface area (Å²) in [4.78, 5) is 25.0. The van der Waals surface area contributed by atoms with Gasteiger partial charge in [0.15, 0.2) is 6.23 Å². The molecular formula is C23H29NO4. The van der Waals surface area contributed by atoms with Crippen LogP contribution in [0.3, 0.4) is 0 Å². The molecule has 5 heteroatoms. The molecule has 0 bridgehead atoms. The zero-order valence-electron chi connectivity index (χ0n) is 17.1. The molecule has 2 fully saturated rings. The Balaban J connectivity index is 1.73. The van der Waals surface area contributed by atoms with E-state index in [-0.39, 0.29) is 17.2 Å². The van der Waals surface area contributed by atoms with E-state index >= 15 is 0 Å². The number of Topliss-reactive ketones (excluding diaryl/α,β-unsaturated/α-hetero) is 1. The van der Waals surface area contributed by atoms with Crippen LogP contribution < -0.4 is 10.1 Å². The van der Waals surface area contributed by atoms with Gasteiger partial charge in [-0.2, -0.15) is 0 Å². The van der Waals surface area contributed by atoms with Crippen molar-refractivity contribution in [2.45, 2.75) is 71.6 Å². The average Bonchev–Trinajstić information content (AvgIpc) is 2.92. The van der Waals surface area contributed by atoms with Crippen molar-refractivity contribution in [1.82, 2.24) is 5.32 Å². The summed E-state index contributed by atoms with van der Waals surface area (Å²) in [6.45, 7) is 8.78. The maximum absolute atomic E-state index is 12.8. The van der Waals surface area contributed by atoms with Crippen molar-refractivity contribution in [3.05, 3.63) is 28.8 Å². The molecule has 2 N–H and O–H groups in total. The zero-order chi connectivity index (χ0) is 20.1. The highest BCUT2D eigenvalue weighted by atomic mass is 16.5. The largest absolute Gasteiger partial charge is 0.486 e. The van der Waals surface area contributed by atoms with Crippen LogP contribution in [-0.4, -0.2) is 22.4 Å². The van der Waals surface area contributed by atoms with Gasteiger partial charge in [0, 0.05) is 23.2 Å². The molecule has 2 saturated carbocycles. The van der Waals surface area contributed by atoms with Gasteiger partial charge in [0.05, 0.1) is 11.1 Å². The molecule has 2 aliphatic heterocycles. The summed E-state index contributed by atoms with van der Waals surface area (Å²) in [6.07, 6.45) is 3.11. The predicted octanol–water partition coefficient (Wildman–Crippen LogP) is 3.54. The average molecular weight is 383 g/mol. The molecule has 28 heavy (non-hydrogen) atoms. The van der Waals surface area contributed by atoms with Gasteiger partial charge in [0.25, 0.3) is 5.91 Å². The molecule has 5 atom stereocenters. The van der Waals surface area contributed by atoms with Gasteiger partial charge in [-0.05, 0) is 43.2 Å². The van der Waals surface area contributed by atoms with Gasteiger partial charge in [0.1, 0.15) is 17.1 Å². The van der Waals surface area contributed by atoms with E-state index < -0.39 is 17.2 Å². The number of ether oxygens (including phenoxy) is 1. The van der Waals surface area contributed by atoms with E-state index in [0.717, 1.165) is 24.8 Å². The summed E-state index contributed by atoms with van der Waals surface area (Å²) in [5.41, 5.74) is 1.17. The van der Waals surface area contributed by atoms with Crippen LogP contribution in [0.2, 0.25) is 0 Å². The van der Waals surface area contributed by atoms with Gasteiger partial charge in [-0.25, -0.2) is 0 Å². The Morgan fingerprint density at radius 1 is 1.18 bits per heavy atom. The molecule has 4 aliphatic rings. The monoisotopic (exact) mass is 383 g/mol. The SMILES string of the molecule is C[C@H]1CC[C@H]2C(C)(C)C(=O)CC[C@]23Oc2c(ccc4c2[C@@H](O)NC4=O)C[C@]13C. The minimum Gasteiger partial charge on any atom is -0.486 e. The Labute approximate surface area is 165 Å². The number of carbonyl (C=O) groups is 2. The number of aliphatic hydroxyl groups excluding tert-OH is 1. The quantitative estimate of drug-likeness (QED) is 0.719. The third-order valence-corrected chi connectivity index (χ3v) is 8.72. The molecule has 150 valence electrons. The van der Waals surface area contributed by atoms with E-state index in [4.69, 9.17) is 4.74 Å². The van der Waals surface area contributed by atoms with E-state index in [1.165, 1.54) is 0 Å². The van der Waals surface area contributed by atoms with Gasteiger partial charge in [-0.3, -0.25) is 9.59 Å². The minimum absolute atomic E-state index is 0.0872. The number of aliphatic hydroxyl groups is 1. The normalized spacial score (nSPS) is 40.5. The summed E-state index contributed by atoms with van der Waals surface area (Å²) in [6, 6.07) is 3.79. The maximum Gasteiger partial charge on any atom is 0.254 e. The van der Waals surface area contributed by atoms with Gasteiger partial charge in [-0.15, -0.1) is 0 Å². The molecular weight excluding hydrogens is 354 g/mol. The third kappa shape index (κ3) is 1.96. The Morgan fingerprint density at radius 2 is 1.93 bits per heavy atom. The third-order valence-electron chi connectivity index (χ3n) is 8.72. The second-order valence-electron chi connectivity index (χ2n) is 10.2. The maximum atomic E-state index is 12.8. The molecule has 5 nitrogen and oxygen atoms in total. The first-order chi connectivity index (χ1) is 13.1. The smallest absolute Gasteiger partial charge is 0.254 e. The van der Waals surface area contributed by atoms with Crippen LogP contribution >= 0.6 is 0 Å². The molecule has 0 radical (unpaired) electrons. The van der Waals surface area contributed by atoms with Crippen molar-refractivity contribution in [2.24, 2.45) is 22.7 Å². The highest BCUT2D eigenvalue weighted by Crippen LogP contribution is 2.65. The standard InChI is InChI=1S/C23H29NO4/c1-12-5-8-15-21(2,3)16(25)9-10-23(15)22(12,4)11-13-6-7-14-17(18(13)28-23)20(27)24-19(14)26/h6-7,12,15,20,27H,5,8-11H2,1-4H3,(H,24,26)/t12-,15-,20+,22+,23-/m0/s1. The minimum atomic E-state index is -1.03. The van der Waals surface area contributed by atoms with Crippen LogP contribution in [0.4, 0.5) is 0 Å². The van der Waals surface area contributed by atoms with E-state index in [1.54, 1.807) is 0 Å². The lowest BCUT2D eigenvalue weighted by Gasteiger charge is -2.65. The number of amides is 1. The first-order valence-electron chi connectivity index (χ1n) is 10.5. The van der Waals surface area contributed by atoms with Crippen molar-refractivity contribution in [3.63, 3.8) is 0 Å². The molecule has 0 saturated heterocycles. The fourth-order valence-corrected chi connectivity index (χ4v) is 6.79. The van der Waals surface area contributed by atoms with Crippen molar-refractivity contribution in [2.75, 3.05) is 0 Å². The van der Waals surface area contributed by atoms with Crippen molar-refractivity contribution in [1.29, 1.82) is 0 Å². The van der Waals surface area contributed by atoms with E-state index in [2.05, 4.69) is 33.0 Å². The predicted molar refractivity (Wildman–Crippen MR) is 104 cm³/mol. The Bertz CT molecular complexity index is 906. The Morgan fingerprint density at radius 3 is 2.68 bits per heavy atom. The van der Waals surface area contributed by atoms with Crippen LogP contribution in [0.5, 0.6) is 5.75 Å². The molecule has 1 spiro atoms. The lowest BCUT2D eigenvalue weighted by atomic mass is 9.44. The van der Waals surface area contributed by atoms with Crippen molar-refractivity contribution < 1.29 is 19.4 Å². The molecule has 0 aromatic heterocycles. The van der Waals surface area contributed by atoms with Crippen LogP contribution in [0, 0.1) is 22.7 Å². The van der Waals surface area contributed by atoms with E-state index in [1.807, 2.05) is 12.1 Å². The molecule has 5 rings (SSSR count). The highest BCUT2D eigenvalue weighted by molar-refractivity contribution is 6.00. The van der Waals surface area contributed by atoms with Gasteiger partial charge < -0.3 is 15.2 Å². The summed E-state index contributed by atoms with van der Waals surface area (Å²) in [7, 11) is 0. The summed E-state index contributed by atoms with van der Waals surface area (Å²) < 4.78 is 6.94. The van der Waals surface area contributed by atoms with Gasteiger partial charge in [0.2, 0.25) is 0 Å². The molecule has 2 aliphatic carbocycles. The number of nitrogens with one attached hydrogen (secondary N) is 1. The lowest BCUT2D eigenvalue weighted by molar-refractivity contribution is -0.209. The van der Waals surface area contributed by atoms with Crippen molar-refractivity contribution in [3.8, 4) is 5.75 Å². The topological polar surface area (TPSA) is 75.6 Å². The van der Waals surface area contributed by atoms with Crippen LogP contribution in [-0.2, 0) is 11.2 Å². The molecule has 0 unspecified atom stereocenters. The summed E-state index contributed by atoms with van der Waals surface area (Å²) >= 11 is 0. The zero-order valence-corrected chi connectivity index (χ0v) is 17.1. The Kier molecular flexibility index (Phi) is 3.49. The number of rotatable bonds is 0. The van der Waals surface area contributed by atoms with Crippen LogP contribution in [0.15, 0.2) is 12.1 Å². The molecule has 1 amide bonds. The first-order valence-corrected chi connectivity index (χ1v) is 10.5. The van der Waals surface area contributed by atoms with Gasteiger partial charge in [-0.1, -0.05) is 33.8 Å². The number of ketones is 1. The number of fused-ring (bicyclic) bond motifs is 3. The number of benzene rings is 1. The van der Waals surface area contributed by atoms with Crippen LogP contribution in [0.25, 0.3) is 0 Å². The number of hydrogen-bond donors (Lipinski definition) is 2. The van der Waals surface area contributed by atoms with Gasteiger partial charge >= 0.3 is 0 Å². The lowest BCUT2D eigenvalue weighted by Crippen LogP contribution is -2.69. The van der Waals surface area contributed by atoms with E-state index in [0.29, 0.717) is 41.4 Å². The Hall–Kier alpha value is -1.88. The number of hydrogen-bond acceptors (Lipinski definition) is 4. The molecule has 2 heterocycles. The fourth-order valence-electron chi connectivity index (χ4n) is 6.79. The van der Waals surface area contributed by atoms with E-state index in [9.17, 15) is 14.7 Å². The van der Waals surface area contributed by atoms with Crippen molar-refractivity contribution >= 4 is 11.7 Å². The second-order valence-corrected chi connectivity index (χ2v) is 10.2. The molecule has 1 aromatic carbocycles. The summed E-state index contributed by atoms with van der Waals surface area (Å²) in [5.74, 6) is 1.34. The molecule has 1 aromatic rings. The summed E-state index contributed by atoms with van der Waals surface area (Å²) in [5, 5.41) is 13.1. The second kappa shape index (κ2) is 5.38. The first kappa shape index (κ1) is 18.2. The fraction of sp³-hybridized carbons (Fsp3) is 0.652. The van der Waals surface area contributed by atoms with Crippen LogP contribution in [0.1, 0.15) is 81.1 Å². The number of carbonyl (C=O) groups excluding carboxylic acids is 2.